The molecule has 0 heterocycles. The highest BCUT2D eigenvalue weighted by molar-refractivity contribution is 7.47. The van der Waals surface area contributed by atoms with E-state index in [4.69, 9.17) is 37.0 Å². The van der Waals surface area contributed by atoms with Crippen LogP contribution < -0.4 is 0 Å². The van der Waals surface area contributed by atoms with Crippen LogP contribution in [-0.2, 0) is 65.4 Å². The number of phosphoric ester groups is 2. The summed E-state index contributed by atoms with van der Waals surface area (Å²) in [6, 6.07) is 0. The number of ether oxygens (including phenoxy) is 4. The number of carbonyl (C=O) groups excluding carboxylic acids is 4. The molecule has 602 valence electrons. The Balaban J connectivity index is 5.23. The van der Waals surface area contributed by atoms with Crippen LogP contribution in [0.3, 0.4) is 0 Å². The SMILES string of the molecule is CCCCCC/C=C\C=C/CCCCCCCC(=O)OC[C@H](COP(=O)(O)OC[C@@H](O)COP(=O)(O)OC[C@@H](COC(=O)CCCCCCCCC(C)C)OC(=O)CCCCCCCCCCCCCCCC(C)C)OC(=O)CCCCCCCCCCCCCCCCCCCCC(C)CC. The van der Waals surface area contributed by atoms with E-state index in [9.17, 15) is 43.2 Å². The molecule has 0 amide bonds. The highest BCUT2D eigenvalue weighted by atomic mass is 31.2. The summed E-state index contributed by atoms with van der Waals surface area (Å²) in [5, 5.41) is 10.6. The number of unbranched alkanes of at least 4 members (excludes halogenated alkanes) is 43. The average molecular weight is 1490 g/mol. The van der Waals surface area contributed by atoms with Crippen LogP contribution in [-0.4, -0.2) is 96.7 Å². The van der Waals surface area contributed by atoms with Crippen LogP contribution in [0.5, 0.6) is 0 Å². The van der Waals surface area contributed by atoms with Crippen molar-refractivity contribution in [2.45, 2.75) is 426 Å². The average Bonchev–Trinajstić information content (AvgIpc) is 0.949. The standard InChI is InChI=1S/C83H158O17P2/c1-8-10-11-12-13-14-15-16-21-27-32-37-42-50-57-64-80(85)93-70-78(99-82(87)66-59-52-43-38-33-28-23-20-18-17-19-22-26-31-36-41-49-56-63-76(7)9-2)72-97-101(89,90)95-68-77(84)69-96-102(91,92)98-73-79(71-94-81(86)65-58-51-46-45-48-55-62-75(5)6)100-83(88)67-60-53-44-39-34-29-24-25-30-35-40-47-54-61-74(3)4/h14-16,21,74-79,84H,8-13,17-20,22-73H2,1-7H3,(H,89,90)(H,91,92)/b15-14-,21-16-/t76?,77-,78-,79-/m1/s1. The van der Waals surface area contributed by atoms with Gasteiger partial charge in [-0.1, -0.05) is 355 Å². The molecule has 0 aromatic carbocycles. The van der Waals surface area contributed by atoms with Crippen molar-refractivity contribution >= 4 is 39.5 Å². The number of aliphatic hydroxyl groups is 1. The second-order valence-electron chi connectivity index (χ2n) is 30.4. The summed E-state index contributed by atoms with van der Waals surface area (Å²) in [4.78, 5) is 73.0. The van der Waals surface area contributed by atoms with E-state index in [0.29, 0.717) is 31.6 Å². The largest absolute Gasteiger partial charge is 0.472 e. The summed E-state index contributed by atoms with van der Waals surface area (Å²) in [6.07, 6.45) is 64.8. The quantitative estimate of drug-likeness (QED) is 0.0169. The van der Waals surface area contributed by atoms with Crippen molar-refractivity contribution in [3.63, 3.8) is 0 Å². The van der Waals surface area contributed by atoms with Gasteiger partial charge in [-0.15, -0.1) is 0 Å². The van der Waals surface area contributed by atoms with Gasteiger partial charge in [-0.05, 0) is 69.1 Å². The Morgan fingerprint density at radius 1 is 0.324 bits per heavy atom. The Bertz CT molecular complexity index is 2070. The minimum Gasteiger partial charge on any atom is -0.462 e. The van der Waals surface area contributed by atoms with Crippen molar-refractivity contribution in [1.82, 2.24) is 0 Å². The van der Waals surface area contributed by atoms with Crippen LogP contribution in [0.4, 0.5) is 0 Å². The number of hydrogen-bond acceptors (Lipinski definition) is 15. The molecule has 3 unspecified atom stereocenters. The number of hydrogen-bond donors (Lipinski definition) is 3. The summed E-state index contributed by atoms with van der Waals surface area (Å²) >= 11 is 0. The van der Waals surface area contributed by atoms with Crippen molar-refractivity contribution in [2.24, 2.45) is 17.8 Å². The fourth-order valence-electron chi connectivity index (χ4n) is 12.3. The number of esters is 4. The first-order chi connectivity index (χ1) is 49.3. The Kier molecular flexibility index (Phi) is 71.0. The lowest BCUT2D eigenvalue weighted by Gasteiger charge is -2.21. The van der Waals surface area contributed by atoms with E-state index in [0.717, 1.165) is 127 Å². The lowest BCUT2D eigenvalue weighted by molar-refractivity contribution is -0.161. The molecule has 0 aliphatic heterocycles. The maximum atomic E-state index is 13.1. The van der Waals surface area contributed by atoms with Crippen LogP contribution in [0.2, 0.25) is 0 Å². The van der Waals surface area contributed by atoms with Crippen molar-refractivity contribution < 1.29 is 80.2 Å². The van der Waals surface area contributed by atoms with Gasteiger partial charge < -0.3 is 33.8 Å². The first kappa shape index (κ1) is 99.5. The molecule has 0 rings (SSSR count). The molecule has 17 nitrogen and oxygen atoms in total. The summed E-state index contributed by atoms with van der Waals surface area (Å²) in [5.74, 6) is 0.190. The Morgan fingerprint density at radius 3 is 0.873 bits per heavy atom. The molecule has 0 aromatic heterocycles. The van der Waals surface area contributed by atoms with E-state index in [2.05, 4.69) is 72.8 Å². The minimum absolute atomic E-state index is 0.101. The van der Waals surface area contributed by atoms with Gasteiger partial charge in [0.05, 0.1) is 26.4 Å². The molecule has 0 aliphatic carbocycles. The number of aliphatic hydroxyl groups excluding tert-OH is 1. The first-order valence-corrected chi connectivity index (χ1v) is 45.2. The van der Waals surface area contributed by atoms with E-state index in [-0.39, 0.29) is 25.7 Å². The van der Waals surface area contributed by atoms with Crippen molar-refractivity contribution in [3.05, 3.63) is 24.3 Å². The van der Waals surface area contributed by atoms with Crippen molar-refractivity contribution in [1.29, 1.82) is 0 Å². The number of allylic oxidation sites excluding steroid dienone is 4. The van der Waals surface area contributed by atoms with Crippen LogP contribution in [0.15, 0.2) is 24.3 Å². The lowest BCUT2D eigenvalue weighted by Crippen LogP contribution is -2.30. The van der Waals surface area contributed by atoms with Gasteiger partial charge in [-0.25, -0.2) is 9.13 Å². The van der Waals surface area contributed by atoms with E-state index in [1.54, 1.807) is 0 Å². The van der Waals surface area contributed by atoms with Crippen LogP contribution in [0, 0.1) is 17.8 Å². The van der Waals surface area contributed by atoms with Crippen molar-refractivity contribution in [2.75, 3.05) is 39.6 Å². The molecule has 0 aromatic rings. The van der Waals surface area contributed by atoms with E-state index < -0.39 is 97.5 Å². The normalized spacial score (nSPS) is 14.4. The molecule has 3 N–H and O–H groups in total. The molecule has 0 saturated carbocycles. The van der Waals surface area contributed by atoms with E-state index in [1.165, 1.54) is 193 Å². The third-order valence-corrected chi connectivity index (χ3v) is 21.0. The van der Waals surface area contributed by atoms with Crippen LogP contribution >= 0.6 is 15.6 Å². The summed E-state index contributed by atoms with van der Waals surface area (Å²) in [6.45, 7) is 11.9. The molecule has 0 radical (unpaired) electrons. The fraction of sp³-hybridized carbons (Fsp3) is 0.904. The zero-order valence-corrected chi connectivity index (χ0v) is 68.4. The molecule has 0 spiro atoms. The van der Waals surface area contributed by atoms with Gasteiger partial charge in [-0.2, -0.15) is 0 Å². The van der Waals surface area contributed by atoms with Gasteiger partial charge in [0, 0.05) is 25.7 Å². The fourth-order valence-corrected chi connectivity index (χ4v) is 13.8. The Labute approximate surface area is 624 Å². The topological polar surface area (TPSA) is 237 Å². The van der Waals surface area contributed by atoms with E-state index in [1.807, 2.05) is 0 Å². The predicted octanol–water partition coefficient (Wildman–Crippen LogP) is 24.5. The lowest BCUT2D eigenvalue weighted by atomic mass is 9.99. The molecular weight excluding hydrogens is 1330 g/mol. The molecular formula is C83H158O17P2. The Morgan fingerprint density at radius 2 is 0.578 bits per heavy atom. The predicted molar refractivity (Wildman–Crippen MR) is 418 cm³/mol. The number of carbonyl (C=O) groups is 4. The second-order valence-corrected chi connectivity index (χ2v) is 33.3. The maximum absolute atomic E-state index is 13.1. The zero-order valence-electron chi connectivity index (χ0n) is 66.6. The number of phosphoric acid groups is 2. The maximum Gasteiger partial charge on any atom is 0.472 e. The summed E-state index contributed by atoms with van der Waals surface area (Å²) < 4.78 is 68.7. The molecule has 6 atom stereocenters. The smallest absolute Gasteiger partial charge is 0.462 e. The van der Waals surface area contributed by atoms with Crippen LogP contribution in [0.25, 0.3) is 0 Å². The van der Waals surface area contributed by atoms with E-state index >= 15 is 0 Å². The Hall–Kier alpha value is -2.46. The monoisotopic (exact) mass is 1490 g/mol. The first-order valence-electron chi connectivity index (χ1n) is 42.2. The van der Waals surface area contributed by atoms with Gasteiger partial charge >= 0.3 is 39.5 Å². The molecule has 102 heavy (non-hydrogen) atoms. The van der Waals surface area contributed by atoms with Crippen molar-refractivity contribution in [3.8, 4) is 0 Å². The molecule has 0 bridgehead atoms. The molecule has 0 aliphatic rings. The van der Waals surface area contributed by atoms with Gasteiger partial charge in [0.25, 0.3) is 0 Å². The summed E-state index contributed by atoms with van der Waals surface area (Å²) in [5.41, 5.74) is 0. The second kappa shape index (κ2) is 72.7. The van der Waals surface area contributed by atoms with Gasteiger partial charge in [0.15, 0.2) is 12.2 Å². The van der Waals surface area contributed by atoms with Gasteiger partial charge in [0.2, 0.25) is 0 Å². The molecule has 0 fully saturated rings. The molecule has 0 saturated heterocycles. The minimum atomic E-state index is -4.97. The number of rotatable bonds is 79. The third-order valence-electron chi connectivity index (χ3n) is 19.1. The third kappa shape index (κ3) is 74.4. The zero-order chi connectivity index (χ0) is 75.1. The summed E-state index contributed by atoms with van der Waals surface area (Å²) in [7, 11) is -9.93. The van der Waals surface area contributed by atoms with Crippen LogP contribution in [0.1, 0.15) is 408 Å². The van der Waals surface area contributed by atoms with Gasteiger partial charge in [-0.3, -0.25) is 37.3 Å². The highest BCUT2D eigenvalue weighted by Crippen LogP contribution is 2.45. The molecule has 19 heteroatoms. The van der Waals surface area contributed by atoms with Gasteiger partial charge in [0.1, 0.15) is 19.3 Å². The highest BCUT2D eigenvalue weighted by Gasteiger charge is 2.30.